The molecule has 0 radical (unpaired) electrons. The largest absolute Gasteiger partial charge is 0.396 e. The summed E-state index contributed by atoms with van der Waals surface area (Å²) >= 11 is 0. The van der Waals surface area contributed by atoms with Crippen LogP contribution in [-0.4, -0.2) is 65.3 Å². The number of amidine groups is 1. The van der Waals surface area contributed by atoms with Crippen molar-refractivity contribution >= 4 is 29.4 Å². The van der Waals surface area contributed by atoms with E-state index in [-0.39, 0.29) is 24.8 Å². The normalized spacial score (nSPS) is 14.5. The number of hydrogen-bond acceptors (Lipinski definition) is 5. The number of aliphatic imine (C=N–C) groups is 1. The number of likely N-dealkylation sites (tertiary alicyclic amines) is 1. The summed E-state index contributed by atoms with van der Waals surface area (Å²) < 4.78 is 0. The Labute approximate surface area is 220 Å². The monoisotopic (exact) mass is 504 g/mol. The lowest BCUT2D eigenvalue weighted by Gasteiger charge is -2.23. The number of rotatable bonds is 8. The molecule has 2 amide bonds. The van der Waals surface area contributed by atoms with Gasteiger partial charge in [-0.1, -0.05) is 45.0 Å². The van der Waals surface area contributed by atoms with E-state index in [4.69, 9.17) is 5.73 Å². The van der Waals surface area contributed by atoms with E-state index in [0.717, 1.165) is 54.7 Å². The van der Waals surface area contributed by atoms with Gasteiger partial charge in [0.25, 0.3) is 5.91 Å². The average Bonchev–Trinajstić information content (AvgIpc) is 3.41. The van der Waals surface area contributed by atoms with E-state index in [2.05, 4.69) is 4.99 Å². The van der Waals surface area contributed by atoms with Gasteiger partial charge < -0.3 is 20.6 Å². The summed E-state index contributed by atoms with van der Waals surface area (Å²) in [5.41, 5.74) is 11.0. The Balaban J connectivity index is 0.00000186. The SMILES string of the molecule is CC.CCCN(CCCO)C(=O)C1=Cc2ccc(-c3ccc(C(=O)N4CCCC4)cc3)cc2N=C(N)C1. The minimum absolute atomic E-state index is 0.0507. The molecule has 3 N–H and O–H groups in total. The van der Waals surface area contributed by atoms with Gasteiger partial charge in [0.2, 0.25) is 5.91 Å². The van der Waals surface area contributed by atoms with Crippen molar-refractivity contribution in [3.8, 4) is 11.1 Å². The highest BCUT2D eigenvalue weighted by Crippen LogP contribution is 2.32. The zero-order valence-corrected chi connectivity index (χ0v) is 22.4. The van der Waals surface area contributed by atoms with Crippen LogP contribution in [-0.2, 0) is 4.79 Å². The van der Waals surface area contributed by atoms with Crippen molar-refractivity contribution < 1.29 is 14.7 Å². The Bertz CT molecular complexity index is 1130. The lowest BCUT2D eigenvalue weighted by atomic mass is 9.99. The van der Waals surface area contributed by atoms with E-state index in [1.54, 1.807) is 4.90 Å². The van der Waals surface area contributed by atoms with E-state index < -0.39 is 0 Å². The van der Waals surface area contributed by atoms with Crippen LogP contribution in [0.5, 0.6) is 0 Å². The number of carbonyl (C=O) groups is 2. The van der Waals surface area contributed by atoms with Gasteiger partial charge in [-0.25, -0.2) is 4.99 Å². The zero-order chi connectivity index (χ0) is 26.8. The number of benzene rings is 2. The smallest absolute Gasteiger partial charge is 0.253 e. The van der Waals surface area contributed by atoms with Gasteiger partial charge in [0.05, 0.1) is 5.69 Å². The Morgan fingerprint density at radius 3 is 2.35 bits per heavy atom. The van der Waals surface area contributed by atoms with Gasteiger partial charge in [-0.05, 0) is 61.1 Å². The molecule has 0 unspecified atom stereocenters. The summed E-state index contributed by atoms with van der Waals surface area (Å²) in [6.07, 6.45) is 5.70. The molecule has 2 aromatic rings. The minimum Gasteiger partial charge on any atom is -0.396 e. The fraction of sp³-hybridized carbons (Fsp3) is 0.433. The highest BCUT2D eigenvalue weighted by atomic mass is 16.3. The molecule has 0 aliphatic carbocycles. The molecule has 1 fully saturated rings. The van der Waals surface area contributed by atoms with Gasteiger partial charge in [-0.2, -0.15) is 0 Å². The lowest BCUT2D eigenvalue weighted by Crippen LogP contribution is -2.35. The Hall–Kier alpha value is -3.45. The van der Waals surface area contributed by atoms with Crippen LogP contribution < -0.4 is 5.73 Å². The highest BCUT2D eigenvalue weighted by molar-refractivity contribution is 6.05. The summed E-state index contributed by atoms with van der Waals surface area (Å²) in [6, 6.07) is 13.6. The second-order valence-electron chi connectivity index (χ2n) is 9.17. The Morgan fingerprint density at radius 1 is 1.03 bits per heavy atom. The molecule has 0 bridgehead atoms. The molecule has 1 saturated heterocycles. The molecule has 0 atom stereocenters. The zero-order valence-electron chi connectivity index (χ0n) is 22.4. The maximum atomic E-state index is 13.2. The molecule has 2 aliphatic heterocycles. The van der Waals surface area contributed by atoms with Gasteiger partial charge in [0.15, 0.2) is 0 Å². The molecule has 4 rings (SSSR count). The molecular formula is C30H40N4O3. The predicted octanol–water partition coefficient (Wildman–Crippen LogP) is 5.01. The standard InChI is InChI=1S/C28H34N4O3.C2H6/c1-2-12-31(15-5-16-33)28(35)24-17-23-11-10-22(18-25(23)30-26(29)19-24)20-6-8-21(9-7-20)27(34)32-13-3-4-14-32;1-2/h6-11,17-18,33H,2-5,12-16,19H2,1H3,(H2,29,30);1-2H3. The number of amides is 2. The van der Waals surface area contributed by atoms with Crippen molar-refractivity contribution in [3.05, 3.63) is 59.2 Å². The van der Waals surface area contributed by atoms with Crippen LogP contribution in [0.2, 0.25) is 0 Å². The fourth-order valence-corrected chi connectivity index (χ4v) is 4.67. The summed E-state index contributed by atoms with van der Waals surface area (Å²) in [7, 11) is 0. The van der Waals surface area contributed by atoms with Crippen LogP contribution in [0.25, 0.3) is 17.2 Å². The second-order valence-corrected chi connectivity index (χ2v) is 9.17. The molecule has 7 nitrogen and oxygen atoms in total. The molecule has 7 heteroatoms. The fourth-order valence-electron chi connectivity index (χ4n) is 4.67. The number of aliphatic hydroxyl groups excluding tert-OH is 1. The molecule has 0 saturated carbocycles. The molecule has 2 aromatic carbocycles. The lowest BCUT2D eigenvalue weighted by molar-refractivity contribution is -0.127. The van der Waals surface area contributed by atoms with E-state index in [9.17, 15) is 14.7 Å². The van der Waals surface area contributed by atoms with E-state index in [1.807, 2.05) is 74.2 Å². The number of nitrogens with zero attached hydrogens (tertiary/aromatic N) is 3. The van der Waals surface area contributed by atoms with Crippen LogP contribution in [0, 0.1) is 0 Å². The Morgan fingerprint density at radius 2 is 1.70 bits per heavy atom. The Kier molecular flexibility index (Phi) is 10.4. The topological polar surface area (TPSA) is 99.2 Å². The van der Waals surface area contributed by atoms with Crippen LogP contribution >= 0.6 is 0 Å². The van der Waals surface area contributed by atoms with Crippen LogP contribution in [0.1, 0.15) is 68.8 Å². The average molecular weight is 505 g/mol. The maximum absolute atomic E-state index is 13.2. The van der Waals surface area contributed by atoms with E-state index in [0.29, 0.717) is 36.5 Å². The number of aliphatic hydroxyl groups is 1. The summed E-state index contributed by atoms with van der Waals surface area (Å²) in [6.45, 7) is 8.90. The third kappa shape index (κ3) is 7.07. The van der Waals surface area contributed by atoms with Crippen LogP contribution in [0.15, 0.2) is 53.0 Å². The highest BCUT2D eigenvalue weighted by Gasteiger charge is 2.22. The quantitative estimate of drug-likeness (QED) is 0.528. The number of carbonyl (C=O) groups excluding carboxylic acids is 2. The molecular weight excluding hydrogens is 464 g/mol. The number of nitrogens with two attached hydrogens (primary N) is 1. The minimum atomic E-state index is -0.0614. The third-order valence-corrected chi connectivity index (χ3v) is 6.50. The van der Waals surface area contributed by atoms with Crippen LogP contribution in [0.3, 0.4) is 0 Å². The summed E-state index contributed by atoms with van der Waals surface area (Å²) in [5.74, 6) is 0.422. The second kappa shape index (κ2) is 13.7. The van der Waals surface area contributed by atoms with Crippen molar-refractivity contribution in [3.63, 3.8) is 0 Å². The first-order chi connectivity index (χ1) is 18.0. The van der Waals surface area contributed by atoms with E-state index >= 15 is 0 Å². The third-order valence-electron chi connectivity index (χ3n) is 6.50. The van der Waals surface area contributed by atoms with Gasteiger partial charge in [0.1, 0.15) is 5.84 Å². The molecule has 2 aliphatic rings. The first kappa shape index (κ1) is 28.1. The first-order valence-corrected chi connectivity index (χ1v) is 13.5. The first-order valence-electron chi connectivity index (χ1n) is 13.5. The predicted molar refractivity (Wildman–Crippen MR) is 151 cm³/mol. The van der Waals surface area contributed by atoms with Crippen molar-refractivity contribution in [1.29, 1.82) is 0 Å². The number of fused-ring (bicyclic) bond motifs is 1. The molecule has 198 valence electrons. The van der Waals surface area contributed by atoms with Crippen molar-refractivity contribution in [2.45, 2.75) is 52.9 Å². The van der Waals surface area contributed by atoms with Gasteiger partial charge in [-0.15, -0.1) is 0 Å². The van der Waals surface area contributed by atoms with Gasteiger partial charge in [-0.3, -0.25) is 9.59 Å². The van der Waals surface area contributed by atoms with Gasteiger partial charge in [0, 0.05) is 55.9 Å². The number of hydrogen-bond donors (Lipinski definition) is 2. The summed E-state index contributed by atoms with van der Waals surface area (Å²) in [5, 5.41) is 9.19. The maximum Gasteiger partial charge on any atom is 0.253 e. The molecule has 37 heavy (non-hydrogen) atoms. The van der Waals surface area contributed by atoms with Crippen molar-refractivity contribution in [2.75, 3.05) is 32.8 Å². The molecule has 2 heterocycles. The van der Waals surface area contributed by atoms with Gasteiger partial charge >= 0.3 is 0 Å². The summed E-state index contributed by atoms with van der Waals surface area (Å²) in [4.78, 5) is 34.1. The molecule has 0 aromatic heterocycles. The van der Waals surface area contributed by atoms with Crippen molar-refractivity contribution in [2.24, 2.45) is 10.7 Å². The van der Waals surface area contributed by atoms with Crippen molar-refractivity contribution in [1.82, 2.24) is 9.80 Å². The van der Waals surface area contributed by atoms with E-state index in [1.165, 1.54) is 0 Å². The molecule has 0 spiro atoms. The van der Waals surface area contributed by atoms with Crippen LogP contribution in [0.4, 0.5) is 5.69 Å².